The molecule has 0 aromatic heterocycles. The maximum atomic E-state index is 5.66. The van der Waals surface area contributed by atoms with Crippen molar-refractivity contribution in [3.05, 3.63) is 59.7 Å². The molecule has 0 radical (unpaired) electrons. The zero-order valence-electron chi connectivity index (χ0n) is 12.1. The van der Waals surface area contributed by atoms with Gasteiger partial charge in [0.15, 0.2) is 5.11 Å². The summed E-state index contributed by atoms with van der Waals surface area (Å²) in [5, 5.41) is 7.81. The molecule has 0 aliphatic heterocycles. The van der Waals surface area contributed by atoms with Gasteiger partial charge in [0.1, 0.15) is 0 Å². The molecule has 5 heteroatoms. The van der Waals surface area contributed by atoms with E-state index in [2.05, 4.69) is 15.8 Å². The van der Waals surface area contributed by atoms with Crippen LogP contribution >= 0.6 is 12.2 Å². The third-order valence-electron chi connectivity index (χ3n) is 2.93. The van der Waals surface area contributed by atoms with Crippen LogP contribution in [0.1, 0.15) is 18.1 Å². The van der Waals surface area contributed by atoms with E-state index in [0.717, 1.165) is 22.6 Å². The van der Waals surface area contributed by atoms with Gasteiger partial charge in [-0.25, -0.2) is 0 Å². The Morgan fingerprint density at radius 2 is 1.86 bits per heavy atom. The number of hydrogen-bond donors (Lipinski definition) is 3. The van der Waals surface area contributed by atoms with Crippen molar-refractivity contribution in [2.75, 3.05) is 11.1 Å². The van der Waals surface area contributed by atoms with Gasteiger partial charge in [-0.3, -0.25) is 5.43 Å². The van der Waals surface area contributed by atoms with Gasteiger partial charge in [0.05, 0.1) is 5.71 Å². The lowest BCUT2D eigenvalue weighted by Gasteiger charge is -2.08. The number of hydrogen-bond acceptors (Lipinski definition) is 3. The number of nitrogen functional groups attached to an aromatic ring is 1. The molecule has 0 aliphatic carbocycles. The van der Waals surface area contributed by atoms with Crippen LogP contribution < -0.4 is 16.5 Å². The first-order valence-corrected chi connectivity index (χ1v) is 6.99. The predicted octanol–water partition coefficient (Wildman–Crippen LogP) is 3.29. The number of benzene rings is 2. The Balaban J connectivity index is 1.96. The van der Waals surface area contributed by atoms with E-state index in [-0.39, 0.29) is 0 Å². The number of nitrogens with one attached hydrogen (secondary N) is 2. The second-order valence-electron chi connectivity index (χ2n) is 4.75. The van der Waals surface area contributed by atoms with Crippen LogP contribution in [0.15, 0.2) is 53.6 Å². The number of nitrogens with two attached hydrogens (primary N) is 1. The molecule has 0 fully saturated rings. The van der Waals surface area contributed by atoms with Gasteiger partial charge in [-0.05, 0) is 61.5 Å². The highest BCUT2D eigenvalue weighted by Gasteiger charge is 1.99. The second kappa shape index (κ2) is 6.85. The van der Waals surface area contributed by atoms with Gasteiger partial charge in [-0.15, -0.1) is 0 Å². The molecule has 0 heterocycles. The van der Waals surface area contributed by atoms with Gasteiger partial charge >= 0.3 is 0 Å². The van der Waals surface area contributed by atoms with Gasteiger partial charge in [0.2, 0.25) is 0 Å². The first kappa shape index (κ1) is 15.0. The summed E-state index contributed by atoms with van der Waals surface area (Å²) in [7, 11) is 0. The lowest BCUT2D eigenvalue weighted by Crippen LogP contribution is -2.25. The second-order valence-corrected chi connectivity index (χ2v) is 5.16. The fourth-order valence-electron chi connectivity index (χ4n) is 1.81. The summed E-state index contributed by atoms with van der Waals surface area (Å²) in [6.07, 6.45) is 0. The van der Waals surface area contributed by atoms with Crippen molar-refractivity contribution in [3.8, 4) is 0 Å². The van der Waals surface area contributed by atoms with Crippen LogP contribution in [0.3, 0.4) is 0 Å². The minimum atomic E-state index is 0.454. The van der Waals surface area contributed by atoms with Crippen LogP contribution in [-0.4, -0.2) is 10.8 Å². The Labute approximate surface area is 130 Å². The van der Waals surface area contributed by atoms with Crippen molar-refractivity contribution in [1.82, 2.24) is 5.43 Å². The number of thiocarbonyl (C=S) groups is 1. The van der Waals surface area contributed by atoms with E-state index < -0.39 is 0 Å². The van der Waals surface area contributed by atoms with Crippen LogP contribution in [0.2, 0.25) is 0 Å². The number of aryl methyl sites for hydroxylation is 1. The minimum Gasteiger partial charge on any atom is -0.399 e. The summed E-state index contributed by atoms with van der Waals surface area (Å²) in [4.78, 5) is 0. The van der Waals surface area contributed by atoms with Crippen LogP contribution in [-0.2, 0) is 0 Å². The molecule has 0 unspecified atom stereocenters. The van der Waals surface area contributed by atoms with E-state index in [9.17, 15) is 0 Å². The van der Waals surface area contributed by atoms with Gasteiger partial charge in [0.25, 0.3) is 0 Å². The van der Waals surface area contributed by atoms with Crippen molar-refractivity contribution < 1.29 is 0 Å². The van der Waals surface area contributed by atoms with Crippen molar-refractivity contribution >= 4 is 34.4 Å². The number of hydrazone groups is 1. The van der Waals surface area contributed by atoms with Crippen LogP contribution in [0.4, 0.5) is 11.4 Å². The number of anilines is 2. The zero-order chi connectivity index (χ0) is 15.2. The van der Waals surface area contributed by atoms with Crippen molar-refractivity contribution in [1.29, 1.82) is 0 Å². The average molecular weight is 298 g/mol. The fraction of sp³-hybridized carbons (Fsp3) is 0.125. The number of nitrogens with zero attached hydrogens (tertiary/aromatic N) is 1. The molecule has 0 atom stereocenters. The van der Waals surface area contributed by atoms with Gasteiger partial charge in [-0.1, -0.05) is 24.3 Å². The number of rotatable bonds is 3. The summed E-state index contributed by atoms with van der Waals surface area (Å²) in [5.41, 5.74) is 13.2. The lowest BCUT2D eigenvalue weighted by molar-refractivity contribution is 1.04. The van der Waals surface area contributed by atoms with Gasteiger partial charge < -0.3 is 11.1 Å². The molecule has 0 aliphatic rings. The minimum absolute atomic E-state index is 0.454. The Kier molecular flexibility index (Phi) is 4.90. The summed E-state index contributed by atoms with van der Waals surface area (Å²) in [5.74, 6) is 0. The summed E-state index contributed by atoms with van der Waals surface area (Å²) < 4.78 is 0. The fourth-order valence-corrected chi connectivity index (χ4v) is 1.97. The molecule has 0 saturated heterocycles. The summed E-state index contributed by atoms with van der Waals surface area (Å²) in [6, 6.07) is 15.5. The molecule has 2 aromatic carbocycles. The smallest absolute Gasteiger partial charge is 0.191 e. The first-order chi connectivity index (χ1) is 10.0. The molecule has 4 N–H and O–H groups in total. The highest BCUT2D eigenvalue weighted by atomic mass is 32.1. The maximum Gasteiger partial charge on any atom is 0.191 e. The molecule has 0 spiro atoms. The Hall–Kier alpha value is -2.40. The predicted molar refractivity (Wildman–Crippen MR) is 93.6 cm³/mol. The highest BCUT2D eigenvalue weighted by Crippen LogP contribution is 2.09. The SMILES string of the molecule is CC(=NNC(=S)Nc1cccc(C)c1)c1ccc(N)cc1. The molecule has 0 amide bonds. The van der Waals surface area contributed by atoms with Gasteiger partial charge in [-0.2, -0.15) is 5.10 Å². The topological polar surface area (TPSA) is 62.4 Å². The van der Waals surface area contributed by atoms with Crippen LogP contribution in [0.5, 0.6) is 0 Å². The standard InChI is InChI=1S/C16H18N4S/c1-11-4-3-5-15(10-11)18-16(21)20-19-12(2)13-6-8-14(17)9-7-13/h3-10H,17H2,1-2H3,(H2,18,20,21). The molecule has 0 saturated carbocycles. The van der Waals surface area contributed by atoms with E-state index in [1.165, 1.54) is 5.56 Å². The monoisotopic (exact) mass is 298 g/mol. The summed E-state index contributed by atoms with van der Waals surface area (Å²) in [6.45, 7) is 3.94. The Morgan fingerprint density at radius 1 is 1.14 bits per heavy atom. The molecule has 108 valence electrons. The largest absolute Gasteiger partial charge is 0.399 e. The van der Waals surface area contributed by atoms with Gasteiger partial charge in [0, 0.05) is 11.4 Å². The summed E-state index contributed by atoms with van der Waals surface area (Å²) >= 11 is 5.22. The van der Waals surface area contributed by atoms with Crippen LogP contribution in [0.25, 0.3) is 0 Å². The molecule has 4 nitrogen and oxygen atoms in total. The zero-order valence-corrected chi connectivity index (χ0v) is 12.9. The van der Waals surface area contributed by atoms with Crippen LogP contribution in [0, 0.1) is 6.92 Å². The quantitative estimate of drug-likeness (QED) is 0.352. The van der Waals surface area contributed by atoms with E-state index in [4.69, 9.17) is 18.0 Å². The molecule has 0 bridgehead atoms. The Bertz CT molecular complexity index is 662. The van der Waals surface area contributed by atoms with E-state index >= 15 is 0 Å². The molecule has 2 aromatic rings. The van der Waals surface area contributed by atoms with E-state index in [0.29, 0.717) is 5.11 Å². The maximum absolute atomic E-state index is 5.66. The third kappa shape index (κ3) is 4.57. The lowest BCUT2D eigenvalue weighted by atomic mass is 10.1. The molecule has 2 rings (SSSR count). The normalized spacial score (nSPS) is 11.0. The highest BCUT2D eigenvalue weighted by molar-refractivity contribution is 7.80. The average Bonchev–Trinajstić information content (AvgIpc) is 2.45. The molecule has 21 heavy (non-hydrogen) atoms. The van der Waals surface area contributed by atoms with Crippen molar-refractivity contribution in [2.45, 2.75) is 13.8 Å². The third-order valence-corrected chi connectivity index (χ3v) is 3.12. The Morgan fingerprint density at radius 3 is 2.52 bits per heavy atom. The van der Waals surface area contributed by atoms with E-state index in [1.807, 2.05) is 62.4 Å². The molecular weight excluding hydrogens is 280 g/mol. The van der Waals surface area contributed by atoms with Crippen molar-refractivity contribution in [2.24, 2.45) is 5.10 Å². The van der Waals surface area contributed by atoms with Crippen molar-refractivity contribution in [3.63, 3.8) is 0 Å². The first-order valence-electron chi connectivity index (χ1n) is 6.58. The van der Waals surface area contributed by atoms with E-state index in [1.54, 1.807) is 0 Å². The molecular formula is C16H18N4S.